The number of aromatic nitrogens is 2. The molecule has 4 rings (SSSR count). The predicted molar refractivity (Wildman–Crippen MR) is 109 cm³/mol. The smallest absolute Gasteiger partial charge is 0.252 e. The van der Waals surface area contributed by atoms with Crippen LogP contribution in [0.1, 0.15) is 11.9 Å². The van der Waals surface area contributed by atoms with E-state index in [4.69, 9.17) is 9.47 Å². The molecule has 0 bridgehead atoms. The zero-order chi connectivity index (χ0) is 18.6. The van der Waals surface area contributed by atoms with Gasteiger partial charge in [0.25, 0.3) is 5.91 Å². The molecular formula is C19H17N3O3S2. The normalized spacial score (nSPS) is 11.1. The van der Waals surface area contributed by atoms with Gasteiger partial charge in [-0.15, -0.1) is 11.3 Å². The molecule has 0 aliphatic heterocycles. The van der Waals surface area contributed by atoms with Crippen molar-refractivity contribution in [1.29, 1.82) is 0 Å². The van der Waals surface area contributed by atoms with E-state index in [9.17, 15) is 4.79 Å². The van der Waals surface area contributed by atoms with Crippen molar-refractivity contribution in [2.45, 2.75) is 13.5 Å². The van der Waals surface area contributed by atoms with E-state index in [1.807, 2.05) is 49.4 Å². The summed E-state index contributed by atoms with van der Waals surface area (Å²) in [5.74, 6) is 0.561. The van der Waals surface area contributed by atoms with Crippen molar-refractivity contribution in [2.24, 2.45) is 0 Å². The first kappa shape index (κ1) is 17.8. The van der Waals surface area contributed by atoms with Crippen molar-refractivity contribution < 1.29 is 14.3 Å². The number of carbonyl (C=O) groups excluding carboxylic acids is 1. The highest BCUT2D eigenvalue weighted by Crippen LogP contribution is 2.29. The highest BCUT2D eigenvalue weighted by Gasteiger charge is 2.10. The fourth-order valence-electron chi connectivity index (χ4n) is 2.58. The molecular weight excluding hydrogens is 382 g/mol. The summed E-state index contributed by atoms with van der Waals surface area (Å²) < 4.78 is 13.1. The molecule has 2 aromatic carbocycles. The number of anilines is 1. The summed E-state index contributed by atoms with van der Waals surface area (Å²) in [4.78, 5) is 21.0. The minimum absolute atomic E-state index is 0.0456. The van der Waals surface area contributed by atoms with Gasteiger partial charge in [0.05, 0.1) is 33.6 Å². The molecule has 2 aromatic heterocycles. The Morgan fingerprint density at radius 2 is 1.93 bits per heavy atom. The van der Waals surface area contributed by atoms with Gasteiger partial charge in [-0.05, 0) is 37.3 Å². The molecule has 0 unspecified atom stereocenters. The number of fused-ring (bicyclic) bond motifs is 2. The van der Waals surface area contributed by atoms with Gasteiger partial charge in [-0.2, -0.15) is 0 Å². The Labute approximate surface area is 163 Å². The maximum Gasteiger partial charge on any atom is 0.252 e. The number of carbonyl (C=O) groups is 1. The van der Waals surface area contributed by atoms with Crippen LogP contribution in [0.2, 0.25) is 0 Å². The van der Waals surface area contributed by atoms with Crippen LogP contribution in [0.5, 0.6) is 5.75 Å². The predicted octanol–water partition coefficient (Wildman–Crippen LogP) is 4.46. The van der Waals surface area contributed by atoms with Crippen LogP contribution in [-0.2, 0) is 16.1 Å². The Hall–Kier alpha value is -2.55. The Balaban J connectivity index is 1.32. The number of nitrogens with one attached hydrogen (secondary N) is 1. The first-order chi connectivity index (χ1) is 13.2. The van der Waals surface area contributed by atoms with E-state index >= 15 is 0 Å². The number of para-hydroxylation sites is 1. The Morgan fingerprint density at radius 1 is 1.07 bits per heavy atom. The van der Waals surface area contributed by atoms with Gasteiger partial charge in [-0.25, -0.2) is 9.97 Å². The van der Waals surface area contributed by atoms with Crippen LogP contribution in [0.3, 0.4) is 0 Å². The van der Waals surface area contributed by atoms with E-state index in [0.717, 1.165) is 31.2 Å². The maximum absolute atomic E-state index is 12.1. The van der Waals surface area contributed by atoms with Gasteiger partial charge in [-0.3, -0.25) is 10.1 Å². The Morgan fingerprint density at radius 3 is 2.78 bits per heavy atom. The van der Waals surface area contributed by atoms with E-state index in [0.29, 0.717) is 18.3 Å². The second kappa shape index (κ2) is 7.99. The van der Waals surface area contributed by atoms with Gasteiger partial charge in [-0.1, -0.05) is 23.5 Å². The lowest BCUT2D eigenvalue weighted by atomic mass is 10.3. The molecule has 8 heteroatoms. The minimum atomic E-state index is -0.236. The molecule has 0 radical (unpaired) electrons. The third-order valence-electron chi connectivity index (χ3n) is 3.71. The van der Waals surface area contributed by atoms with Crippen LogP contribution < -0.4 is 10.1 Å². The van der Waals surface area contributed by atoms with Crippen LogP contribution in [0, 0.1) is 0 Å². The van der Waals surface area contributed by atoms with Crippen molar-refractivity contribution in [3.8, 4) is 5.75 Å². The maximum atomic E-state index is 12.1. The highest BCUT2D eigenvalue weighted by molar-refractivity contribution is 7.22. The average molecular weight is 399 g/mol. The summed E-state index contributed by atoms with van der Waals surface area (Å²) in [5, 5.41) is 4.18. The molecule has 0 spiro atoms. The first-order valence-corrected chi connectivity index (χ1v) is 10.1. The van der Waals surface area contributed by atoms with Crippen LogP contribution >= 0.6 is 22.7 Å². The summed E-state index contributed by atoms with van der Waals surface area (Å²) in [6.45, 7) is 2.82. The number of amides is 1. The molecule has 2 heterocycles. The van der Waals surface area contributed by atoms with Crippen molar-refractivity contribution in [3.63, 3.8) is 0 Å². The number of rotatable bonds is 7. The van der Waals surface area contributed by atoms with Crippen molar-refractivity contribution >= 4 is 54.1 Å². The van der Waals surface area contributed by atoms with E-state index < -0.39 is 0 Å². The molecule has 0 saturated heterocycles. The van der Waals surface area contributed by atoms with E-state index in [2.05, 4.69) is 15.3 Å². The largest absolute Gasteiger partial charge is 0.494 e. The van der Waals surface area contributed by atoms with Gasteiger partial charge in [0.2, 0.25) is 0 Å². The lowest BCUT2D eigenvalue weighted by Gasteiger charge is -2.01. The fraction of sp³-hybridized carbons (Fsp3) is 0.211. The monoisotopic (exact) mass is 399 g/mol. The molecule has 1 N–H and O–H groups in total. The number of hydrogen-bond acceptors (Lipinski definition) is 7. The fourth-order valence-corrected chi connectivity index (χ4v) is 4.40. The Bertz CT molecular complexity index is 1060. The molecule has 0 saturated carbocycles. The van der Waals surface area contributed by atoms with E-state index in [1.165, 1.54) is 11.3 Å². The summed E-state index contributed by atoms with van der Waals surface area (Å²) >= 11 is 2.98. The number of ether oxygens (including phenoxy) is 2. The molecule has 0 atom stereocenters. The Kier molecular flexibility index (Phi) is 5.28. The lowest BCUT2D eigenvalue weighted by molar-refractivity contribution is -0.121. The van der Waals surface area contributed by atoms with Gasteiger partial charge < -0.3 is 9.47 Å². The number of hydrogen-bond donors (Lipinski definition) is 1. The molecule has 138 valence electrons. The number of nitrogens with zero attached hydrogens (tertiary/aromatic N) is 2. The summed E-state index contributed by atoms with van der Waals surface area (Å²) in [6, 6.07) is 13.6. The van der Waals surface area contributed by atoms with Gasteiger partial charge in [0, 0.05) is 0 Å². The summed E-state index contributed by atoms with van der Waals surface area (Å²) in [7, 11) is 0. The molecule has 0 fully saturated rings. The van der Waals surface area contributed by atoms with Crippen LogP contribution in [0.25, 0.3) is 20.4 Å². The van der Waals surface area contributed by atoms with Gasteiger partial charge in [0.1, 0.15) is 17.4 Å². The molecule has 4 aromatic rings. The minimum Gasteiger partial charge on any atom is -0.494 e. The molecule has 0 aliphatic rings. The standard InChI is InChI=1S/C19H17N3O3S2/c1-2-25-12-7-8-14-16(9-12)27-19(21-14)22-17(23)10-24-11-18-20-13-5-3-4-6-15(13)26-18/h3-9H,2,10-11H2,1H3,(H,21,22,23). The van der Waals surface area contributed by atoms with Crippen LogP contribution in [-0.4, -0.2) is 29.1 Å². The second-order valence-electron chi connectivity index (χ2n) is 5.70. The average Bonchev–Trinajstić information content (AvgIpc) is 3.24. The topological polar surface area (TPSA) is 73.3 Å². The van der Waals surface area contributed by atoms with Crippen molar-refractivity contribution in [2.75, 3.05) is 18.5 Å². The van der Waals surface area contributed by atoms with Crippen molar-refractivity contribution in [3.05, 3.63) is 47.5 Å². The zero-order valence-corrected chi connectivity index (χ0v) is 16.2. The summed E-state index contributed by atoms with van der Waals surface area (Å²) in [5.41, 5.74) is 1.78. The molecule has 0 aliphatic carbocycles. The number of thiazole rings is 2. The third-order valence-corrected chi connectivity index (χ3v) is 5.66. The van der Waals surface area contributed by atoms with Crippen LogP contribution in [0.4, 0.5) is 5.13 Å². The van der Waals surface area contributed by atoms with E-state index in [-0.39, 0.29) is 12.5 Å². The highest BCUT2D eigenvalue weighted by atomic mass is 32.1. The van der Waals surface area contributed by atoms with Crippen LogP contribution in [0.15, 0.2) is 42.5 Å². The quantitative estimate of drug-likeness (QED) is 0.497. The molecule has 27 heavy (non-hydrogen) atoms. The molecule has 1 amide bonds. The van der Waals surface area contributed by atoms with Gasteiger partial charge in [0.15, 0.2) is 5.13 Å². The third kappa shape index (κ3) is 4.24. The van der Waals surface area contributed by atoms with Gasteiger partial charge >= 0.3 is 0 Å². The first-order valence-electron chi connectivity index (χ1n) is 8.46. The number of benzene rings is 2. The summed E-state index contributed by atoms with van der Waals surface area (Å²) in [6.07, 6.45) is 0. The molecule has 6 nitrogen and oxygen atoms in total. The van der Waals surface area contributed by atoms with Crippen molar-refractivity contribution in [1.82, 2.24) is 9.97 Å². The van der Waals surface area contributed by atoms with E-state index in [1.54, 1.807) is 11.3 Å². The lowest BCUT2D eigenvalue weighted by Crippen LogP contribution is -2.18. The zero-order valence-electron chi connectivity index (χ0n) is 14.6. The second-order valence-corrected chi connectivity index (χ2v) is 7.84. The SMILES string of the molecule is CCOc1ccc2nc(NC(=O)COCc3nc4ccccc4s3)sc2c1.